The van der Waals surface area contributed by atoms with E-state index in [1.165, 1.54) is 54.5 Å². The van der Waals surface area contributed by atoms with Crippen LogP contribution in [0.25, 0.3) is 10.9 Å². The second-order valence-electron chi connectivity index (χ2n) is 7.74. The molecule has 3 unspecified atom stereocenters. The number of nitriles is 1. The van der Waals surface area contributed by atoms with Gasteiger partial charge in [0.2, 0.25) is 0 Å². The lowest BCUT2D eigenvalue weighted by Crippen LogP contribution is -2.56. The summed E-state index contributed by atoms with van der Waals surface area (Å²) in [4.78, 5) is 6.54. The number of aromatic amines is 1. The Labute approximate surface area is 137 Å². The van der Waals surface area contributed by atoms with E-state index in [0.717, 1.165) is 29.9 Å². The monoisotopic (exact) mass is 305 g/mol. The largest absolute Gasteiger partial charge is 0.358 e. The molecule has 1 N–H and O–H groups in total. The van der Waals surface area contributed by atoms with Crippen molar-refractivity contribution in [2.75, 3.05) is 13.1 Å². The van der Waals surface area contributed by atoms with E-state index in [4.69, 9.17) is 0 Å². The first kappa shape index (κ1) is 13.6. The number of piperidine rings is 2. The molecule has 3 nitrogen and oxygen atoms in total. The number of hydrogen-bond acceptors (Lipinski definition) is 2. The van der Waals surface area contributed by atoms with Crippen LogP contribution in [0, 0.1) is 23.2 Å². The molecule has 4 bridgehead atoms. The third-order valence-corrected chi connectivity index (χ3v) is 6.65. The lowest BCUT2D eigenvalue weighted by molar-refractivity contribution is -0.0134. The molecule has 6 rings (SSSR count). The third-order valence-electron chi connectivity index (χ3n) is 6.65. The van der Waals surface area contributed by atoms with Crippen LogP contribution in [0.1, 0.15) is 48.9 Å². The van der Waals surface area contributed by atoms with Gasteiger partial charge in [0.25, 0.3) is 0 Å². The molecule has 4 heterocycles. The van der Waals surface area contributed by atoms with Gasteiger partial charge in [0.15, 0.2) is 0 Å². The normalized spacial score (nSPS) is 34.9. The minimum absolute atomic E-state index is 0.669. The Kier molecular flexibility index (Phi) is 2.87. The smallest absolute Gasteiger partial charge is 0.0991 e. The van der Waals surface area contributed by atoms with Crippen LogP contribution in [0.4, 0.5) is 0 Å². The Bertz CT molecular complexity index is 812. The van der Waals surface area contributed by atoms with E-state index < -0.39 is 0 Å². The first-order valence-corrected chi connectivity index (χ1v) is 9.07. The highest BCUT2D eigenvalue weighted by molar-refractivity contribution is 5.86. The molecule has 0 spiro atoms. The second-order valence-corrected chi connectivity index (χ2v) is 7.74. The second kappa shape index (κ2) is 4.85. The summed E-state index contributed by atoms with van der Waals surface area (Å²) in [7, 11) is 0. The fourth-order valence-electron chi connectivity index (χ4n) is 5.76. The molecule has 23 heavy (non-hydrogen) atoms. The van der Waals surface area contributed by atoms with E-state index in [9.17, 15) is 5.26 Å². The van der Waals surface area contributed by atoms with Crippen molar-refractivity contribution in [3.8, 4) is 6.07 Å². The van der Waals surface area contributed by atoms with Gasteiger partial charge in [0.05, 0.1) is 11.6 Å². The predicted octanol–water partition coefficient (Wildman–Crippen LogP) is 3.80. The lowest BCUT2D eigenvalue weighted by atomic mass is 9.65. The molecular weight excluding hydrogens is 282 g/mol. The first-order valence-electron chi connectivity index (χ1n) is 9.07. The summed E-state index contributed by atoms with van der Waals surface area (Å²) in [5.74, 6) is 2.41. The number of nitrogens with zero attached hydrogens (tertiary/aromatic N) is 2. The Morgan fingerprint density at radius 2 is 2.26 bits per heavy atom. The van der Waals surface area contributed by atoms with Crippen LogP contribution in [0.3, 0.4) is 0 Å². The molecule has 5 atom stereocenters. The quantitative estimate of drug-likeness (QED) is 0.871. The summed E-state index contributed by atoms with van der Waals surface area (Å²) in [5.41, 5.74) is 4.98. The molecule has 118 valence electrons. The van der Waals surface area contributed by atoms with Gasteiger partial charge in [-0.25, -0.2) is 0 Å². The van der Waals surface area contributed by atoms with Gasteiger partial charge in [-0.15, -0.1) is 0 Å². The molecule has 1 aromatic heterocycles. The summed E-state index contributed by atoms with van der Waals surface area (Å²) in [6.45, 7) is 4.86. The van der Waals surface area contributed by atoms with Crippen LogP contribution < -0.4 is 0 Å². The van der Waals surface area contributed by atoms with Gasteiger partial charge in [-0.2, -0.15) is 5.26 Å². The molecule has 3 fully saturated rings. The van der Waals surface area contributed by atoms with Crippen LogP contribution in [0.2, 0.25) is 0 Å². The fourth-order valence-corrected chi connectivity index (χ4v) is 5.76. The Morgan fingerprint density at radius 1 is 1.35 bits per heavy atom. The van der Waals surface area contributed by atoms with Crippen molar-refractivity contribution in [2.24, 2.45) is 11.8 Å². The number of benzene rings is 1. The lowest BCUT2D eigenvalue weighted by Gasteiger charge is -2.53. The van der Waals surface area contributed by atoms with Crippen molar-refractivity contribution < 1.29 is 0 Å². The highest BCUT2D eigenvalue weighted by Crippen LogP contribution is 2.50. The zero-order chi connectivity index (χ0) is 15.6. The van der Waals surface area contributed by atoms with Crippen molar-refractivity contribution in [3.63, 3.8) is 0 Å². The molecule has 0 radical (unpaired) electrons. The molecule has 1 aromatic carbocycles. The maximum absolute atomic E-state index is 9.23. The van der Waals surface area contributed by atoms with E-state index in [0.29, 0.717) is 5.92 Å². The van der Waals surface area contributed by atoms with Gasteiger partial charge >= 0.3 is 0 Å². The fraction of sp³-hybridized carbons (Fsp3) is 0.550. The highest BCUT2D eigenvalue weighted by Gasteiger charge is 2.48. The Hall–Kier alpha value is -1.79. The summed E-state index contributed by atoms with van der Waals surface area (Å²) in [6.07, 6.45) is 5.22. The van der Waals surface area contributed by atoms with Crippen LogP contribution >= 0.6 is 0 Å². The average Bonchev–Trinajstić information content (AvgIpc) is 2.92. The SMILES string of the molecule is CC[C@H]1CC2C[C@H]3c4[nH]c5ccc(C#N)cc5c4CCN(C2)C13. The maximum Gasteiger partial charge on any atom is 0.0991 e. The Morgan fingerprint density at radius 3 is 3.09 bits per heavy atom. The minimum Gasteiger partial charge on any atom is -0.358 e. The van der Waals surface area contributed by atoms with E-state index in [2.05, 4.69) is 35.0 Å². The zero-order valence-corrected chi connectivity index (χ0v) is 13.7. The van der Waals surface area contributed by atoms with Gasteiger partial charge in [-0.3, -0.25) is 4.90 Å². The molecule has 0 amide bonds. The number of fused-ring (bicyclic) bond motifs is 4. The van der Waals surface area contributed by atoms with Gasteiger partial charge in [0.1, 0.15) is 0 Å². The molecule has 3 heteroatoms. The zero-order valence-electron chi connectivity index (χ0n) is 13.7. The molecule has 2 aromatic rings. The van der Waals surface area contributed by atoms with Crippen molar-refractivity contribution in [3.05, 3.63) is 35.0 Å². The van der Waals surface area contributed by atoms with Crippen molar-refractivity contribution in [1.82, 2.24) is 9.88 Å². The molecule has 1 saturated carbocycles. The molecule has 1 aliphatic carbocycles. The van der Waals surface area contributed by atoms with Crippen LogP contribution in [-0.4, -0.2) is 29.0 Å². The standard InChI is InChI=1S/C20H23N3/c1-2-14-7-13-9-17-19-15(5-6-23(11-13)20(14)17)16-8-12(10-21)3-4-18(16)22-19/h3-4,8,13-14,17,20,22H,2,5-7,9,11H2,1H3/t13?,14-,17-,20?/m0/s1. The van der Waals surface area contributed by atoms with E-state index in [1.807, 2.05) is 6.07 Å². The summed E-state index contributed by atoms with van der Waals surface area (Å²) >= 11 is 0. The first-order chi connectivity index (χ1) is 11.3. The van der Waals surface area contributed by atoms with Crippen molar-refractivity contribution in [2.45, 2.75) is 44.6 Å². The number of nitrogens with one attached hydrogen (secondary N) is 1. The predicted molar refractivity (Wildman–Crippen MR) is 91.3 cm³/mol. The summed E-state index contributed by atoms with van der Waals surface area (Å²) < 4.78 is 0. The van der Waals surface area contributed by atoms with Gasteiger partial charge in [0, 0.05) is 41.6 Å². The molecule has 4 aliphatic rings. The van der Waals surface area contributed by atoms with E-state index in [1.54, 1.807) is 0 Å². The van der Waals surface area contributed by atoms with Gasteiger partial charge < -0.3 is 4.98 Å². The van der Waals surface area contributed by atoms with Crippen LogP contribution in [0.15, 0.2) is 18.2 Å². The minimum atomic E-state index is 0.669. The highest BCUT2D eigenvalue weighted by atomic mass is 15.2. The Balaban J connectivity index is 1.68. The summed E-state index contributed by atoms with van der Waals surface area (Å²) in [5, 5.41) is 10.5. The van der Waals surface area contributed by atoms with E-state index >= 15 is 0 Å². The van der Waals surface area contributed by atoms with Crippen LogP contribution in [0.5, 0.6) is 0 Å². The number of aromatic nitrogens is 1. The van der Waals surface area contributed by atoms with Crippen molar-refractivity contribution >= 4 is 10.9 Å². The molecule has 2 saturated heterocycles. The number of H-pyrrole nitrogens is 1. The maximum atomic E-state index is 9.23. The van der Waals surface area contributed by atoms with Crippen molar-refractivity contribution in [1.29, 1.82) is 5.26 Å². The third kappa shape index (κ3) is 1.85. The summed E-state index contributed by atoms with van der Waals surface area (Å²) in [6, 6.07) is 9.15. The molecule has 3 aliphatic heterocycles. The van der Waals surface area contributed by atoms with Gasteiger partial charge in [-0.1, -0.05) is 13.3 Å². The van der Waals surface area contributed by atoms with Gasteiger partial charge in [-0.05, 0) is 54.9 Å². The number of hydrogen-bond donors (Lipinski definition) is 1. The number of rotatable bonds is 1. The topological polar surface area (TPSA) is 42.8 Å². The van der Waals surface area contributed by atoms with Crippen LogP contribution in [-0.2, 0) is 6.42 Å². The van der Waals surface area contributed by atoms with E-state index in [-0.39, 0.29) is 0 Å². The molecular formula is C20H23N3. The average molecular weight is 305 g/mol.